The smallest absolute Gasteiger partial charge is 0.338 e. The first-order chi connectivity index (χ1) is 25.5. The highest BCUT2D eigenvalue weighted by Crippen LogP contribution is 2.43. The predicted molar refractivity (Wildman–Crippen MR) is 228 cm³/mol. The van der Waals surface area contributed by atoms with Crippen molar-refractivity contribution in [1.82, 2.24) is 9.13 Å². The van der Waals surface area contributed by atoms with Crippen molar-refractivity contribution in [1.29, 1.82) is 0 Å². The van der Waals surface area contributed by atoms with Gasteiger partial charge in [0.05, 0.1) is 51.7 Å². The van der Waals surface area contributed by atoms with Crippen molar-refractivity contribution >= 4 is 55.6 Å². The lowest BCUT2D eigenvalue weighted by Gasteiger charge is -2.22. The molecule has 0 radical (unpaired) electrons. The van der Waals surface area contributed by atoms with Gasteiger partial charge in [0, 0.05) is 21.5 Å². The Morgan fingerprint density at radius 3 is 0.964 bits per heavy atom. The number of carboxylic acid groups (broad SMARTS) is 1. The van der Waals surface area contributed by atoms with Crippen molar-refractivity contribution in [3.63, 3.8) is 0 Å². The third kappa shape index (κ3) is 6.39. The lowest BCUT2D eigenvalue weighted by Crippen LogP contribution is -2.14. The fourth-order valence-corrected chi connectivity index (χ4v) is 7.82. The summed E-state index contributed by atoms with van der Waals surface area (Å²) >= 11 is 0. The number of ether oxygens (including phenoxy) is 1. The number of hydrogen-bond acceptors (Lipinski definition) is 3. The van der Waals surface area contributed by atoms with E-state index < -0.39 is 11.9 Å². The molecule has 1 N–H and O–H groups in total. The number of aromatic nitrogens is 2. The third-order valence-corrected chi connectivity index (χ3v) is 11.2. The Kier molecular flexibility index (Phi) is 8.68. The molecule has 0 amide bonds. The molecule has 0 bridgehead atoms. The molecular formula is C49H54N2O4. The number of nitrogens with zero attached hydrogens (tertiary/aromatic N) is 2. The maximum Gasteiger partial charge on any atom is 0.338 e. The van der Waals surface area contributed by atoms with Gasteiger partial charge in [-0.1, -0.05) is 107 Å². The first kappa shape index (κ1) is 37.9. The topological polar surface area (TPSA) is 73.5 Å². The summed E-state index contributed by atoms with van der Waals surface area (Å²) in [6.45, 7) is 26.6. The number of aromatic carboxylic acids is 1. The Bertz CT molecular complexity index is 2570. The van der Waals surface area contributed by atoms with Crippen LogP contribution in [-0.2, 0) is 26.4 Å². The molecular weight excluding hydrogens is 681 g/mol. The molecule has 0 saturated carbocycles. The summed E-state index contributed by atoms with van der Waals surface area (Å²) in [6, 6.07) is 29.8. The van der Waals surface area contributed by atoms with Crippen LogP contribution in [0.25, 0.3) is 55.0 Å². The van der Waals surface area contributed by atoms with Crippen LogP contribution in [0.4, 0.5) is 0 Å². The number of benzene rings is 5. The number of carbonyl (C=O) groups is 2. The van der Waals surface area contributed by atoms with Gasteiger partial charge in [-0.15, -0.1) is 0 Å². The minimum atomic E-state index is -1.20. The second-order valence-electron chi connectivity index (χ2n) is 19.3. The second kappa shape index (κ2) is 12.6. The van der Waals surface area contributed by atoms with Gasteiger partial charge in [0.25, 0.3) is 0 Å². The van der Waals surface area contributed by atoms with Crippen molar-refractivity contribution in [2.24, 2.45) is 0 Å². The van der Waals surface area contributed by atoms with Gasteiger partial charge in [-0.05, 0) is 105 Å². The molecule has 0 unspecified atom stereocenters. The van der Waals surface area contributed by atoms with Gasteiger partial charge >= 0.3 is 11.9 Å². The Morgan fingerprint density at radius 2 is 0.727 bits per heavy atom. The van der Waals surface area contributed by atoms with E-state index in [4.69, 9.17) is 4.74 Å². The van der Waals surface area contributed by atoms with Gasteiger partial charge in [-0.2, -0.15) is 0 Å². The van der Waals surface area contributed by atoms with Gasteiger partial charge in [0.2, 0.25) is 0 Å². The molecule has 6 nitrogen and oxygen atoms in total. The zero-order chi connectivity index (χ0) is 40.2. The SMILES string of the molecule is COC(=O)c1cc(-n2c3ccc(C(C)(C)C)cc3c3cc(C(C)(C)C)ccc32)c(-n2c3ccc(C(C)(C)C)cc3c3cc(C(C)(C)C)ccc32)cc1C(=O)O. The summed E-state index contributed by atoms with van der Waals surface area (Å²) in [7, 11) is 1.29. The molecule has 5 aromatic carbocycles. The lowest BCUT2D eigenvalue weighted by molar-refractivity contribution is 0.0582. The average molecular weight is 735 g/mol. The molecule has 0 saturated heterocycles. The van der Waals surface area contributed by atoms with E-state index in [2.05, 4.69) is 165 Å². The van der Waals surface area contributed by atoms with Gasteiger partial charge in [-0.25, -0.2) is 9.59 Å². The summed E-state index contributed by atoms with van der Waals surface area (Å²) in [5.74, 6) is -1.91. The molecule has 284 valence electrons. The van der Waals surface area contributed by atoms with Gasteiger partial charge in [0.15, 0.2) is 0 Å². The van der Waals surface area contributed by atoms with Crippen LogP contribution < -0.4 is 0 Å². The fraction of sp³-hybridized carbons (Fsp3) is 0.347. The van der Waals surface area contributed by atoms with Crippen molar-refractivity contribution in [2.45, 2.75) is 105 Å². The molecule has 2 heterocycles. The zero-order valence-corrected chi connectivity index (χ0v) is 34.6. The number of fused-ring (bicyclic) bond motifs is 6. The van der Waals surface area contributed by atoms with E-state index in [1.165, 1.54) is 29.4 Å². The number of esters is 1. The monoisotopic (exact) mass is 734 g/mol. The summed E-state index contributed by atoms with van der Waals surface area (Å²) < 4.78 is 9.60. The van der Waals surface area contributed by atoms with Crippen LogP contribution in [0.5, 0.6) is 0 Å². The van der Waals surface area contributed by atoms with Crippen molar-refractivity contribution in [3.05, 3.63) is 118 Å². The Labute approximate surface area is 324 Å². The van der Waals surface area contributed by atoms with E-state index in [0.29, 0.717) is 11.4 Å². The van der Waals surface area contributed by atoms with E-state index in [0.717, 1.165) is 43.6 Å². The molecule has 0 aliphatic carbocycles. The van der Waals surface area contributed by atoms with Crippen LogP contribution in [-0.4, -0.2) is 33.3 Å². The number of rotatable bonds is 4. The highest BCUT2D eigenvalue weighted by Gasteiger charge is 2.28. The van der Waals surface area contributed by atoms with Crippen LogP contribution in [0, 0.1) is 0 Å². The molecule has 0 atom stereocenters. The van der Waals surface area contributed by atoms with Crippen LogP contribution >= 0.6 is 0 Å². The summed E-state index contributed by atoms with van der Waals surface area (Å²) in [4.78, 5) is 26.5. The van der Waals surface area contributed by atoms with E-state index in [1.807, 2.05) is 0 Å². The maximum atomic E-state index is 13.5. The fourth-order valence-electron chi connectivity index (χ4n) is 7.82. The predicted octanol–water partition coefficient (Wildman–Crippen LogP) is 12.6. The average Bonchev–Trinajstić information content (AvgIpc) is 3.60. The molecule has 0 spiro atoms. The highest BCUT2D eigenvalue weighted by atomic mass is 16.5. The minimum absolute atomic E-state index is 0.00724. The minimum Gasteiger partial charge on any atom is -0.478 e. The van der Waals surface area contributed by atoms with E-state index in [9.17, 15) is 14.7 Å². The Balaban J connectivity index is 1.70. The van der Waals surface area contributed by atoms with Gasteiger partial charge in [0.1, 0.15) is 0 Å². The van der Waals surface area contributed by atoms with E-state index in [1.54, 1.807) is 12.1 Å². The summed E-state index contributed by atoms with van der Waals surface area (Å²) in [6.07, 6.45) is 0. The summed E-state index contributed by atoms with van der Waals surface area (Å²) in [5, 5.41) is 15.0. The van der Waals surface area contributed by atoms with E-state index in [-0.39, 0.29) is 32.8 Å². The number of hydrogen-bond donors (Lipinski definition) is 1. The molecule has 2 aromatic heterocycles. The van der Waals surface area contributed by atoms with Crippen LogP contribution in [0.2, 0.25) is 0 Å². The normalized spacial score (nSPS) is 13.0. The lowest BCUT2D eigenvalue weighted by atomic mass is 9.85. The number of methoxy groups -OCH3 is 1. The quantitative estimate of drug-likeness (QED) is 0.183. The Hall–Kier alpha value is -5.36. The number of carboxylic acids is 1. The molecule has 0 fully saturated rings. The first-order valence-corrected chi connectivity index (χ1v) is 19.2. The van der Waals surface area contributed by atoms with Crippen LogP contribution in [0.3, 0.4) is 0 Å². The van der Waals surface area contributed by atoms with Crippen molar-refractivity contribution < 1.29 is 19.4 Å². The Morgan fingerprint density at radius 1 is 0.455 bits per heavy atom. The van der Waals surface area contributed by atoms with Crippen molar-refractivity contribution in [3.8, 4) is 11.4 Å². The third-order valence-electron chi connectivity index (χ3n) is 11.2. The zero-order valence-electron chi connectivity index (χ0n) is 34.6. The molecule has 6 heteroatoms. The highest BCUT2D eigenvalue weighted by molar-refractivity contribution is 6.13. The van der Waals surface area contributed by atoms with Crippen LogP contribution in [0.15, 0.2) is 84.9 Å². The largest absolute Gasteiger partial charge is 0.478 e. The molecule has 0 aliphatic rings. The van der Waals surface area contributed by atoms with Crippen LogP contribution in [0.1, 0.15) is 126 Å². The molecule has 0 aliphatic heterocycles. The summed E-state index contributed by atoms with van der Waals surface area (Å²) in [5.41, 5.74) is 9.50. The van der Waals surface area contributed by atoms with Crippen molar-refractivity contribution in [2.75, 3.05) is 7.11 Å². The standard InChI is InChI=1S/C49H54N2O4/c1-46(2,3)28-14-18-38-32(22-28)33-23-29(47(4,5)6)15-19-39(33)50(38)42-26-36(44(52)53)37(45(54)55-13)27-43(42)51-40-20-16-30(48(7,8)9)24-34(40)35-25-31(49(10,11)12)17-21-41(35)51/h14-27H,1-13H3,(H,52,53). The van der Waals surface area contributed by atoms with Gasteiger partial charge < -0.3 is 19.0 Å². The molecule has 7 rings (SSSR count). The van der Waals surface area contributed by atoms with E-state index >= 15 is 0 Å². The number of carbonyl (C=O) groups excluding carboxylic acids is 1. The maximum absolute atomic E-state index is 13.5. The first-order valence-electron chi connectivity index (χ1n) is 19.2. The van der Waals surface area contributed by atoms with Gasteiger partial charge in [-0.3, -0.25) is 0 Å². The molecule has 7 aromatic rings. The second-order valence-corrected chi connectivity index (χ2v) is 19.3. The molecule has 55 heavy (non-hydrogen) atoms.